The molecule has 25 heavy (non-hydrogen) atoms. The lowest BCUT2D eigenvalue weighted by molar-refractivity contribution is 0.0950. The van der Waals surface area contributed by atoms with E-state index in [4.69, 9.17) is 11.6 Å². The zero-order chi connectivity index (χ0) is 17.6. The molecular formula is C19H23ClN4O. The molecule has 6 heteroatoms. The highest BCUT2D eigenvalue weighted by Crippen LogP contribution is 2.16. The standard InChI is InChI=1S/C19H23ClN4O/c1-2-23-9-11-24(12-10-23)18-8-7-16(14-21-18)19(25)22-13-15-5-3-4-6-17(15)20/h3-8,14H,2,9-13H2,1H3,(H,22,25). The quantitative estimate of drug-likeness (QED) is 0.892. The first-order chi connectivity index (χ1) is 12.2. The molecule has 5 nitrogen and oxygen atoms in total. The Hall–Kier alpha value is -2.11. The predicted octanol–water partition coefficient (Wildman–Crippen LogP) is 2.81. The number of rotatable bonds is 5. The lowest BCUT2D eigenvalue weighted by atomic mass is 10.2. The highest BCUT2D eigenvalue weighted by atomic mass is 35.5. The van der Waals surface area contributed by atoms with Crippen LogP contribution in [-0.4, -0.2) is 48.5 Å². The van der Waals surface area contributed by atoms with E-state index in [2.05, 4.69) is 27.0 Å². The molecule has 2 heterocycles. The van der Waals surface area contributed by atoms with Gasteiger partial charge in [-0.3, -0.25) is 4.79 Å². The fourth-order valence-electron chi connectivity index (χ4n) is 2.92. The average molecular weight is 359 g/mol. The number of pyridine rings is 1. The Morgan fingerprint density at radius 2 is 1.92 bits per heavy atom. The Labute approximate surface area is 153 Å². The van der Waals surface area contributed by atoms with Gasteiger partial charge in [-0.25, -0.2) is 4.98 Å². The maximum atomic E-state index is 12.3. The summed E-state index contributed by atoms with van der Waals surface area (Å²) in [4.78, 5) is 21.4. The summed E-state index contributed by atoms with van der Waals surface area (Å²) in [6, 6.07) is 11.2. The normalized spacial score (nSPS) is 15.2. The number of hydrogen-bond donors (Lipinski definition) is 1. The van der Waals surface area contributed by atoms with Gasteiger partial charge in [0.1, 0.15) is 5.82 Å². The summed E-state index contributed by atoms with van der Waals surface area (Å²) in [6.07, 6.45) is 1.64. The molecule has 0 saturated carbocycles. The second-order valence-corrected chi connectivity index (χ2v) is 6.51. The molecule has 1 aromatic heterocycles. The van der Waals surface area contributed by atoms with Gasteiger partial charge in [0.05, 0.1) is 5.56 Å². The molecule has 0 aliphatic carbocycles. The molecule has 0 bridgehead atoms. The highest BCUT2D eigenvalue weighted by Gasteiger charge is 2.17. The van der Waals surface area contributed by atoms with Crippen molar-refractivity contribution in [3.63, 3.8) is 0 Å². The van der Waals surface area contributed by atoms with Gasteiger partial charge < -0.3 is 15.1 Å². The number of carbonyl (C=O) groups excluding carboxylic acids is 1. The number of amides is 1. The van der Waals surface area contributed by atoms with Crippen molar-refractivity contribution in [2.45, 2.75) is 13.5 Å². The summed E-state index contributed by atoms with van der Waals surface area (Å²) in [5.41, 5.74) is 1.46. The van der Waals surface area contributed by atoms with Crippen molar-refractivity contribution < 1.29 is 4.79 Å². The van der Waals surface area contributed by atoms with Crippen LogP contribution >= 0.6 is 11.6 Å². The SMILES string of the molecule is CCN1CCN(c2ccc(C(=O)NCc3ccccc3Cl)cn2)CC1. The lowest BCUT2D eigenvalue weighted by Crippen LogP contribution is -2.46. The minimum atomic E-state index is -0.144. The van der Waals surface area contributed by atoms with Crippen LogP contribution in [0, 0.1) is 0 Å². The third kappa shape index (κ3) is 4.50. The maximum Gasteiger partial charge on any atom is 0.253 e. The number of carbonyl (C=O) groups is 1. The van der Waals surface area contributed by atoms with Crippen LogP contribution in [0.5, 0.6) is 0 Å². The molecule has 1 aliphatic heterocycles. The Morgan fingerprint density at radius 1 is 1.16 bits per heavy atom. The van der Waals surface area contributed by atoms with Gasteiger partial charge in [-0.05, 0) is 30.3 Å². The molecular weight excluding hydrogens is 336 g/mol. The number of aromatic nitrogens is 1. The van der Waals surface area contributed by atoms with Crippen LogP contribution in [0.4, 0.5) is 5.82 Å². The third-order valence-corrected chi connectivity index (χ3v) is 4.92. The first-order valence-corrected chi connectivity index (χ1v) is 9.00. The first-order valence-electron chi connectivity index (χ1n) is 8.62. The van der Waals surface area contributed by atoms with E-state index in [-0.39, 0.29) is 5.91 Å². The highest BCUT2D eigenvalue weighted by molar-refractivity contribution is 6.31. The van der Waals surface area contributed by atoms with Crippen LogP contribution in [0.25, 0.3) is 0 Å². The van der Waals surface area contributed by atoms with E-state index < -0.39 is 0 Å². The summed E-state index contributed by atoms with van der Waals surface area (Å²) in [5.74, 6) is 0.785. The van der Waals surface area contributed by atoms with Crippen molar-refractivity contribution in [3.05, 3.63) is 58.7 Å². The molecule has 3 rings (SSSR count). The Morgan fingerprint density at radius 3 is 2.56 bits per heavy atom. The van der Waals surface area contributed by atoms with Crippen molar-refractivity contribution >= 4 is 23.3 Å². The zero-order valence-electron chi connectivity index (χ0n) is 14.4. The predicted molar refractivity (Wildman–Crippen MR) is 101 cm³/mol. The van der Waals surface area contributed by atoms with Crippen molar-refractivity contribution in [3.8, 4) is 0 Å². The van der Waals surface area contributed by atoms with E-state index in [0.717, 1.165) is 44.1 Å². The molecule has 0 spiro atoms. The number of halogens is 1. The lowest BCUT2D eigenvalue weighted by Gasteiger charge is -2.34. The minimum absolute atomic E-state index is 0.144. The van der Waals surface area contributed by atoms with E-state index in [1.165, 1.54) is 0 Å². The summed E-state index contributed by atoms with van der Waals surface area (Å²) in [7, 11) is 0. The Kier molecular flexibility index (Phi) is 5.89. The van der Waals surface area contributed by atoms with E-state index in [9.17, 15) is 4.79 Å². The summed E-state index contributed by atoms with van der Waals surface area (Å²) >= 11 is 6.11. The van der Waals surface area contributed by atoms with E-state index >= 15 is 0 Å². The van der Waals surface area contributed by atoms with Gasteiger partial charge >= 0.3 is 0 Å². The van der Waals surface area contributed by atoms with Crippen LogP contribution < -0.4 is 10.2 Å². The third-order valence-electron chi connectivity index (χ3n) is 4.55. The fourth-order valence-corrected chi connectivity index (χ4v) is 3.12. The fraction of sp³-hybridized carbons (Fsp3) is 0.368. The minimum Gasteiger partial charge on any atom is -0.354 e. The number of anilines is 1. The molecule has 1 aromatic carbocycles. The molecule has 1 amide bonds. The van der Waals surface area contributed by atoms with Crippen LogP contribution in [0.3, 0.4) is 0 Å². The number of benzene rings is 1. The number of nitrogens with one attached hydrogen (secondary N) is 1. The van der Waals surface area contributed by atoms with E-state index in [0.29, 0.717) is 17.1 Å². The molecule has 132 valence electrons. The van der Waals surface area contributed by atoms with Crippen molar-refractivity contribution in [1.82, 2.24) is 15.2 Å². The van der Waals surface area contributed by atoms with Crippen LogP contribution in [0.15, 0.2) is 42.6 Å². The van der Waals surface area contributed by atoms with Crippen LogP contribution in [-0.2, 0) is 6.54 Å². The molecule has 1 N–H and O–H groups in total. The van der Waals surface area contributed by atoms with Gasteiger partial charge in [0.15, 0.2) is 0 Å². The number of hydrogen-bond acceptors (Lipinski definition) is 4. The summed E-state index contributed by atoms with van der Waals surface area (Å²) in [5, 5.41) is 3.54. The second kappa shape index (κ2) is 8.32. The van der Waals surface area contributed by atoms with Gasteiger partial charge in [-0.1, -0.05) is 36.7 Å². The van der Waals surface area contributed by atoms with E-state index in [1.807, 2.05) is 36.4 Å². The van der Waals surface area contributed by atoms with Crippen molar-refractivity contribution in [2.75, 3.05) is 37.6 Å². The van der Waals surface area contributed by atoms with Gasteiger partial charge in [-0.2, -0.15) is 0 Å². The molecule has 0 radical (unpaired) electrons. The monoisotopic (exact) mass is 358 g/mol. The maximum absolute atomic E-state index is 12.3. The molecule has 0 atom stereocenters. The van der Waals surface area contributed by atoms with Crippen molar-refractivity contribution in [2.24, 2.45) is 0 Å². The smallest absolute Gasteiger partial charge is 0.253 e. The Bertz CT molecular complexity index is 712. The molecule has 1 saturated heterocycles. The van der Waals surface area contributed by atoms with Gasteiger partial charge in [0.2, 0.25) is 0 Å². The summed E-state index contributed by atoms with van der Waals surface area (Å²) < 4.78 is 0. The van der Waals surface area contributed by atoms with E-state index in [1.54, 1.807) is 6.20 Å². The number of nitrogens with zero attached hydrogens (tertiary/aromatic N) is 3. The topological polar surface area (TPSA) is 48.5 Å². The average Bonchev–Trinajstić information content (AvgIpc) is 2.67. The second-order valence-electron chi connectivity index (χ2n) is 6.10. The van der Waals surface area contributed by atoms with Crippen LogP contribution in [0.2, 0.25) is 5.02 Å². The zero-order valence-corrected chi connectivity index (χ0v) is 15.2. The van der Waals surface area contributed by atoms with Gasteiger partial charge in [-0.15, -0.1) is 0 Å². The summed E-state index contributed by atoms with van der Waals surface area (Å²) in [6.45, 7) is 7.73. The number of piperazine rings is 1. The Balaban J connectivity index is 1.56. The van der Waals surface area contributed by atoms with Crippen molar-refractivity contribution in [1.29, 1.82) is 0 Å². The molecule has 1 fully saturated rings. The number of likely N-dealkylation sites (N-methyl/N-ethyl adjacent to an activating group) is 1. The van der Waals surface area contributed by atoms with Gasteiger partial charge in [0, 0.05) is 43.9 Å². The molecule has 2 aromatic rings. The van der Waals surface area contributed by atoms with Crippen LogP contribution in [0.1, 0.15) is 22.8 Å². The molecule has 1 aliphatic rings. The van der Waals surface area contributed by atoms with Gasteiger partial charge in [0.25, 0.3) is 5.91 Å². The first kappa shape index (κ1) is 17.7. The molecule has 0 unspecified atom stereocenters. The largest absolute Gasteiger partial charge is 0.354 e.